The van der Waals surface area contributed by atoms with E-state index in [1.165, 1.54) is 6.07 Å². The van der Waals surface area contributed by atoms with E-state index in [4.69, 9.17) is 11.6 Å². The van der Waals surface area contributed by atoms with Crippen LogP contribution in [0.1, 0.15) is 5.56 Å². The highest BCUT2D eigenvalue weighted by molar-refractivity contribution is 9.08. The molecule has 0 aliphatic heterocycles. The lowest BCUT2D eigenvalue weighted by atomic mass is 10.2. The molecule has 0 atom stereocenters. The summed E-state index contributed by atoms with van der Waals surface area (Å²) in [6, 6.07) is 2.30. The number of rotatable bonds is 5. The van der Waals surface area contributed by atoms with E-state index in [0.717, 1.165) is 6.07 Å². The number of hydrogen-bond acceptors (Lipinski definition) is 2. The summed E-state index contributed by atoms with van der Waals surface area (Å²) in [5.74, 6) is -0.983. The zero-order valence-corrected chi connectivity index (χ0v) is 10.4. The van der Waals surface area contributed by atoms with Crippen LogP contribution in [0.4, 0.5) is 17.6 Å². The van der Waals surface area contributed by atoms with E-state index < -0.39 is 24.7 Å². The Balaban J connectivity index is 3.18. The lowest BCUT2D eigenvalue weighted by Crippen LogP contribution is -2.09. The fourth-order valence-corrected chi connectivity index (χ4v) is 1.78. The molecule has 8 heteroatoms. The van der Waals surface area contributed by atoms with Gasteiger partial charge in [0.15, 0.2) is 11.5 Å². The molecular weight excluding hydrogens is 331 g/mol. The van der Waals surface area contributed by atoms with Crippen molar-refractivity contribution in [2.24, 2.45) is 0 Å². The van der Waals surface area contributed by atoms with Gasteiger partial charge in [0.25, 0.3) is 0 Å². The molecule has 96 valence electrons. The third-order valence-electron chi connectivity index (χ3n) is 1.66. The summed E-state index contributed by atoms with van der Waals surface area (Å²) in [5, 5.41) is 0.187. The van der Waals surface area contributed by atoms with Crippen molar-refractivity contribution in [2.45, 2.75) is 18.6 Å². The molecule has 0 saturated heterocycles. The summed E-state index contributed by atoms with van der Waals surface area (Å²) in [7, 11) is 0. The largest absolute Gasteiger partial charge is 0.431 e. The number of alkyl halides is 5. The molecule has 0 aliphatic rings. The van der Waals surface area contributed by atoms with E-state index in [2.05, 4.69) is 25.4 Å². The number of hydrogen-bond donors (Lipinski definition) is 0. The molecule has 0 aromatic heterocycles. The minimum Gasteiger partial charge on any atom is -0.431 e. The maximum atomic E-state index is 12.1. The van der Waals surface area contributed by atoms with Gasteiger partial charge in [-0.15, -0.1) is 0 Å². The van der Waals surface area contributed by atoms with Gasteiger partial charge in [0.2, 0.25) is 0 Å². The van der Waals surface area contributed by atoms with Gasteiger partial charge in [-0.05, 0) is 6.07 Å². The molecule has 0 bridgehead atoms. The molecule has 1 aromatic rings. The molecule has 0 N–H and O–H groups in total. The van der Waals surface area contributed by atoms with Gasteiger partial charge in [-0.3, -0.25) is 0 Å². The van der Waals surface area contributed by atoms with E-state index in [1.807, 2.05) is 0 Å². The van der Waals surface area contributed by atoms with E-state index in [9.17, 15) is 17.6 Å². The second kappa shape index (κ2) is 6.30. The first-order valence-electron chi connectivity index (χ1n) is 4.22. The van der Waals surface area contributed by atoms with Crippen molar-refractivity contribution in [2.75, 3.05) is 0 Å². The van der Waals surface area contributed by atoms with Crippen molar-refractivity contribution < 1.29 is 27.0 Å². The van der Waals surface area contributed by atoms with Crippen molar-refractivity contribution in [1.82, 2.24) is 0 Å². The molecule has 0 amide bonds. The lowest BCUT2D eigenvalue weighted by molar-refractivity contribution is -0.0695. The highest BCUT2D eigenvalue weighted by Gasteiger charge is 2.19. The Morgan fingerprint density at radius 2 is 1.71 bits per heavy atom. The highest BCUT2D eigenvalue weighted by Crippen LogP contribution is 2.37. The van der Waals surface area contributed by atoms with Gasteiger partial charge in [0.1, 0.15) is 0 Å². The molecule has 1 rings (SSSR count). The molecule has 0 spiro atoms. The smallest absolute Gasteiger partial charge is 0.387 e. The van der Waals surface area contributed by atoms with Gasteiger partial charge in [0.05, 0.1) is 0 Å². The Hall–Kier alpha value is -0.690. The van der Waals surface area contributed by atoms with Crippen LogP contribution in [0, 0.1) is 0 Å². The summed E-state index contributed by atoms with van der Waals surface area (Å²) in [4.78, 5) is 0. The van der Waals surface area contributed by atoms with Crippen molar-refractivity contribution in [3.05, 3.63) is 22.7 Å². The fraction of sp³-hybridized carbons (Fsp3) is 0.333. The SMILES string of the molecule is FC(F)Oc1cc(Cl)cc(CBr)c1OC(F)F. The molecule has 0 unspecified atom stereocenters. The second-order valence-electron chi connectivity index (χ2n) is 2.78. The van der Waals surface area contributed by atoms with E-state index in [0.29, 0.717) is 0 Å². The van der Waals surface area contributed by atoms with Crippen LogP contribution in [0.5, 0.6) is 11.5 Å². The monoisotopic (exact) mass is 336 g/mol. The number of ether oxygens (including phenoxy) is 2. The summed E-state index contributed by atoms with van der Waals surface area (Å²) < 4.78 is 56.7. The molecule has 1 aromatic carbocycles. The van der Waals surface area contributed by atoms with Crippen molar-refractivity contribution in [1.29, 1.82) is 0 Å². The van der Waals surface area contributed by atoms with Crippen LogP contribution in [0.3, 0.4) is 0 Å². The lowest BCUT2D eigenvalue weighted by Gasteiger charge is -2.15. The van der Waals surface area contributed by atoms with Gasteiger partial charge >= 0.3 is 13.2 Å². The highest BCUT2D eigenvalue weighted by atomic mass is 79.9. The van der Waals surface area contributed by atoms with Crippen LogP contribution >= 0.6 is 27.5 Å². The fourth-order valence-electron chi connectivity index (χ4n) is 1.13. The van der Waals surface area contributed by atoms with Gasteiger partial charge in [-0.25, -0.2) is 0 Å². The molecule has 17 heavy (non-hydrogen) atoms. The Morgan fingerprint density at radius 1 is 1.12 bits per heavy atom. The van der Waals surface area contributed by atoms with Crippen LogP contribution in [0.2, 0.25) is 5.02 Å². The number of halogens is 6. The standard InChI is InChI=1S/C9H6BrClF4O2/c10-3-4-1-5(11)2-6(16-8(12)13)7(4)17-9(14)15/h1-2,8-9H,3H2. The first kappa shape index (κ1) is 14.4. The van der Waals surface area contributed by atoms with Crippen LogP contribution in [-0.2, 0) is 5.33 Å². The molecule has 0 radical (unpaired) electrons. The van der Waals surface area contributed by atoms with Crippen LogP contribution in [-0.4, -0.2) is 13.2 Å². The van der Waals surface area contributed by atoms with E-state index in [-0.39, 0.29) is 15.9 Å². The van der Waals surface area contributed by atoms with Crippen LogP contribution < -0.4 is 9.47 Å². The normalized spacial score (nSPS) is 11.1. The summed E-state index contributed by atoms with van der Waals surface area (Å²) in [5.41, 5.74) is 0.188. The zero-order valence-electron chi connectivity index (χ0n) is 8.10. The quantitative estimate of drug-likeness (QED) is 0.584. The first-order chi connectivity index (χ1) is 7.93. The maximum absolute atomic E-state index is 12.1. The third kappa shape index (κ3) is 4.23. The molecule has 0 heterocycles. The van der Waals surface area contributed by atoms with Gasteiger partial charge < -0.3 is 9.47 Å². The molecule has 0 fully saturated rings. The Bertz CT molecular complexity index is 390. The third-order valence-corrected chi connectivity index (χ3v) is 2.49. The summed E-state index contributed by atoms with van der Waals surface area (Å²) in [6.07, 6.45) is 0. The van der Waals surface area contributed by atoms with Crippen molar-refractivity contribution >= 4 is 27.5 Å². The van der Waals surface area contributed by atoms with Crippen molar-refractivity contribution in [3.63, 3.8) is 0 Å². The van der Waals surface area contributed by atoms with Crippen LogP contribution in [0.25, 0.3) is 0 Å². The topological polar surface area (TPSA) is 18.5 Å². The summed E-state index contributed by atoms with van der Waals surface area (Å²) >= 11 is 8.64. The van der Waals surface area contributed by atoms with E-state index in [1.54, 1.807) is 0 Å². The van der Waals surface area contributed by atoms with Gasteiger partial charge in [-0.2, -0.15) is 17.6 Å². The van der Waals surface area contributed by atoms with E-state index >= 15 is 0 Å². The predicted molar refractivity (Wildman–Crippen MR) is 57.3 cm³/mol. The predicted octanol–water partition coefficient (Wildman–Crippen LogP) is 4.44. The Labute approximate surface area is 108 Å². The van der Waals surface area contributed by atoms with Crippen LogP contribution in [0.15, 0.2) is 12.1 Å². The molecule has 0 saturated carbocycles. The second-order valence-corrected chi connectivity index (χ2v) is 3.78. The van der Waals surface area contributed by atoms with Gasteiger partial charge in [0, 0.05) is 22.0 Å². The first-order valence-corrected chi connectivity index (χ1v) is 5.72. The minimum atomic E-state index is -3.16. The minimum absolute atomic E-state index is 0.0803. The van der Waals surface area contributed by atoms with Gasteiger partial charge in [-0.1, -0.05) is 27.5 Å². The Morgan fingerprint density at radius 3 is 2.18 bits per heavy atom. The zero-order chi connectivity index (χ0) is 13.0. The average molecular weight is 337 g/mol. The maximum Gasteiger partial charge on any atom is 0.387 e. The Kier molecular flexibility index (Phi) is 5.32. The average Bonchev–Trinajstić information content (AvgIpc) is 2.20. The number of benzene rings is 1. The summed E-state index contributed by atoms with van der Waals surface area (Å²) in [6.45, 7) is -6.30. The molecule has 2 nitrogen and oxygen atoms in total. The van der Waals surface area contributed by atoms with Crippen molar-refractivity contribution in [3.8, 4) is 11.5 Å². The molecule has 0 aliphatic carbocycles. The molecular formula is C9H6BrClF4O2.